The maximum atomic E-state index is 6.16. The number of nitrogens with one attached hydrogen (secondary N) is 1. The molecule has 1 aliphatic carbocycles. The molecule has 1 aromatic carbocycles. The smallest absolute Gasteiger partial charge is 0.119 e. The minimum Gasteiger partial charge on any atom is -0.490 e. The van der Waals surface area contributed by atoms with Gasteiger partial charge in [-0.05, 0) is 48.8 Å². The first kappa shape index (κ1) is 15.4. The molecule has 2 atom stereocenters. The Labute approximate surface area is 123 Å². The molecule has 112 valence electrons. The van der Waals surface area contributed by atoms with E-state index in [4.69, 9.17) is 4.74 Å². The van der Waals surface area contributed by atoms with Crippen molar-refractivity contribution < 1.29 is 4.74 Å². The fraction of sp³-hybridized carbons (Fsp3) is 0.667. The lowest BCUT2D eigenvalue weighted by Crippen LogP contribution is -2.28. The summed E-state index contributed by atoms with van der Waals surface area (Å²) in [5.41, 5.74) is 1.32. The van der Waals surface area contributed by atoms with Crippen molar-refractivity contribution in [1.29, 1.82) is 0 Å². The first-order chi connectivity index (χ1) is 9.52. The van der Waals surface area contributed by atoms with Crippen LogP contribution in [0.25, 0.3) is 0 Å². The summed E-state index contributed by atoms with van der Waals surface area (Å²) in [5, 5.41) is 3.43. The van der Waals surface area contributed by atoms with Gasteiger partial charge in [-0.1, -0.05) is 39.8 Å². The van der Waals surface area contributed by atoms with Crippen molar-refractivity contribution in [3.63, 3.8) is 0 Å². The third-order valence-corrected chi connectivity index (χ3v) is 4.08. The molecule has 0 saturated heterocycles. The highest BCUT2D eigenvalue weighted by atomic mass is 16.5. The molecule has 0 bridgehead atoms. The number of ether oxygens (including phenoxy) is 1. The highest BCUT2D eigenvalue weighted by Gasteiger charge is 2.25. The Hall–Kier alpha value is -1.02. The van der Waals surface area contributed by atoms with E-state index in [1.54, 1.807) is 0 Å². The average molecular weight is 275 g/mol. The van der Waals surface area contributed by atoms with Crippen molar-refractivity contribution in [2.24, 2.45) is 11.8 Å². The summed E-state index contributed by atoms with van der Waals surface area (Å²) in [6, 6.07) is 9.08. The SMILES string of the molecule is CC1CC(C)CC(Oc2ccc(CNC(C)C)cc2)C1. The summed E-state index contributed by atoms with van der Waals surface area (Å²) in [4.78, 5) is 0. The molecule has 2 rings (SSSR count). The Morgan fingerprint density at radius 3 is 2.20 bits per heavy atom. The number of benzene rings is 1. The molecule has 0 heterocycles. The van der Waals surface area contributed by atoms with Crippen molar-refractivity contribution in [3.8, 4) is 5.75 Å². The number of hydrogen-bond donors (Lipinski definition) is 1. The Balaban J connectivity index is 1.87. The Morgan fingerprint density at radius 1 is 1.05 bits per heavy atom. The van der Waals surface area contributed by atoms with Gasteiger partial charge in [0.05, 0.1) is 6.10 Å². The van der Waals surface area contributed by atoms with Crippen molar-refractivity contribution in [1.82, 2.24) is 5.32 Å². The van der Waals surface area contributed by atoms with Gasteiger partial charge in [0.2, 0.25) is 0 Å². The molecule has 2 nitrogen and oxygen atoms in total. The Morgan fingerprint density at radius 2 is 1.65 bits per heavy atom. The lowest BCUT2D eigenvalue weighted by Gasteiger charge is -2.31. The molecule has 0 aliphatic heterocycles. The van der Waals surface area contributed by atoms with Gasteiger partial charge in [0.1, 0.15) is 5.75 Å². The van der Waals surface area contributed by atoms with Crippen LogP contribution in [0.5, 0.6) is 5.75 Å². The van der Waals surface area contributed by atoms with Gasteiger partial charge in [-0.25, -0.2) is 0 Å². The monoisotopic (exact) mass is 275 g/mol. The topological polar surface area (TPSA) is 21.3 Å². The highest BCUT2D eigenvalue weighted by Crippen LogP contribution is 2.31. The standard InChI is InChI=1S/C18H29NO/c1-13(2)19-12-16-5-7-17(8-6-16)20-18-10-14(3)9-15(4)11-18/h5-8,13-15,18-19H,9-12H2,1-4H3. The Bertz CT molecular complexity index is 388. The van der Waals surface area contributed by atoms with Crippen LogP contribution in [0.15, 0.2) is 24.3 Å². The van der Waals surface area contributed by atoms with Crippen molar-refractivity contribution in [2.75, 3.05) is 0 Å². The molecule has 0 amide bonds. The van der Waals surface area contributed by atoms with Crippen LogP contribution >= 0.6 is 0 Å². The van der Waals surface area contributed by atoms with E-state index < -0.39 is 0 Å². The van der Waals surface area contributed by atoms with E-state index in [2.05, 4.69) is 57.3 Å². The molecule has 20 heavy (non-hydrogen) atoms. The largest absolute Gasteiger partial charge is 0.490 e. The zero-order chi connectivity index (χ0) is 14.5. The second kappa shape index (κ2) is 7.12. The zero-order valence-electron chi connectivity index (χ0n) is 13.4. The van der Waals surface area contributed by atoms with Gasteiger partial charge in [0.25, 0.3) is 0 Å². The van der Waals surface area contributed by atoms with Gasteiger partial charge in [0.15, 0.2) is 0 Å². The molecular weight excluding hydrogens is 246 g/mol. The first-order valence-corrected chi connectivity index (χ1v) is 8.02. The van der Waals surface area contributed by atoms with E-state index in [0.29, 0.717) is 12.1 Å². The fourth-order valence-electron chi connectivity index (χ4n) is 3.17. The molecule has 1 saturated carbocycles. The van der Waals surface area contributed by atoms with Crippen molar-refractivity contribution in [2.45, 2.75) is 65.6 Å². The van der Waals surface area contributed by atoms with Crippen LogP contribution in [0.2, 0.25) is 0 Å². The average Bonchev–Trinajstić information content (AvgIpc) is 2.36. The van der Waals surface area contributed by atoms with Crippen LogP contribution in [-0.2, 0) is 6.54 Å². The summed E-state index contributed by atoms with van der Waals surface area (Å²) in [5.74, 6) is 2.60. The second-order valence-electron chi connectivity index (χ2n) is 6.84. The maximum absolute atomic E-state index is 6.16. The van der Waals surface area contributed by atoms with Gasteiger partial charge in [-0.15, -0.1) is 0 Å². The molecule has 0 radical (unpaired) electrons. The quantitative estimate of drug-likeness (QED) is 0.860. The van der Waals surface area contributed by atoms with Gasteiger partial charge >= 0.3 is 0 Å². The number of hydrogen-bond acceptors (Lipinski definition) is 2. The predicted molar refractivity (Wildman–Crippen MR) is 85.0 cm³/mol. The number of rotatable bonds is 5. The minimum atomic E-state index is 0.397. The molecule has 0 spiro atoms. The molecule has 1 aliphatic rings. The van der Waals surface area contributed by atoms with Gasteiger partial charge in [-0.2, -0.15) is 0 Å². The minimum absolute atomic E-state index is 0.397. The van der Waals surface area contributed by atoms with Gasteiger partial charge in [-0.3, -0.25) is 0 Å². The normalized spacial score (nSPS) is 26.8. The maximum Gasteiger partial charge on any atom is 0.119 e. The summed E-state index contributed by atoms with van der Waals surface area (Å²) in [7, 11) is 0. The van der Waals surface area contributed by atoms with E-state index in [9.17, 15) is 0 Å². The van der Waals surface area contributed by atoms with Crippen molar-refractivity contribution >= 4 is 0 Å². The lowest BCUT2D eigenvalue weighted by atomic mass is 9.82. The Kier molecular flexibility index (Phi) is 5.47. The van der Waals surface area contributed by atoms with Crippen LogP contribution in [-0.4, -0.2) is 12.1 Å². The van der Waals surface area contributed by atoms with E-state index in [0.717, 1.165) is 24.1 Å². The van der Waals surface area contributed by atoms with E-state index in [1.165, 1.54) is 24.8 Å². The summed E-state index contributed by atoms with van der Waals surface area (Å²) in [6.07, 6.45) is 4.13. The highest BCUT2D eigenvalue weighted by molar-refractivity contribution is 5.27. The molecule has 1 aromatic rings. The predicted octanol–water partition coefficient (Wildman–Crippen LogP) is 4.39. The molecule has 1 N–H and O–H groups in total. The molecule has 2 heteroatoms. The third-order valence-electron chi connectivity index (χ3n) is 4.08. The second-order valence-corrected chi connectivity index (χ2v) is 6.84. The van der Waals surface area contributed by atoms with Gasteiger partial charge in [0, 0.05) is 12.6 Å². The molecule has 0 aromatic heterocycles. The molecule has 2 unspecified atom stereocenters. The first-order valence-electron chi connectivity index (χ1n) is 8.02. The van der Waals surface area contributed by atoms with E-state index in [1.807, 2.05) is 0 Å². The summed E-state index contributed by atoms with van der Waals surface area (Å²) >= 11 is 0. The van der Waals surface area contributed by atoms with E-state index >= 15 is 0 Å². The fourth-order valence-corrected chi connectivity index (χ4v) is 3.17. The van der Waals surface area contributed by atoms with Crippen LogP contribution < -0.4 is 10.1 Å². The molecule has 1 fully saturated rings. The summed E-state index contributed by atoms with van der Waals surface area (Å²) in [6.45, 7) is 9.95. The van der Waals surface area contributed by atoms with Crippen LogP contribution in [0.1, 0.15) is 52.5 Å². The van der Waals surface area contributed by atoms with Crippen LogP contribution in [0.4, 0.5) is 0 Å². The van der Waals surface area contributed by atoms with Gasteiger partial charge < -0.3 is 10.1 Å². The third kappa shape index (κ3) is 4.82. The molecular formula is C18H29NO. The van der Waals surface area contributed by atoms with Crippen LogP contribution in [0, 0.1) is 11.8 Å². The zero-order valence-corrected chi connectivity index (χ0v) is 13.4. The van der Waals surface area contributed by atoms with Crippen molar-refractivity contribution in [3.05, 3.63) is 29.8 Å². The lowest BCUT2D eigenvalue weighted by molar-refractivity contribution is 0.101. The van der Waals surface area contributed by atoms with E-state index in [-0.39, 0.29) is 0 Å². The summed E-state index contributed by atoms with van der Waals surface area (Å²) < 4.78 is 6.16. The van der Waals surface area contributed by atoms with Crippen LogP contribution in [0.3, 0.4) is 0 Å².